The van der Waals surface area contributed by atoms with E-state index in [1.54, 1.807) is 12.1 Å². The van der Waals surface area contributed by atoms with E-state index in [0.717, 1.165) is 6.54 Å². The fourth-order valence-corrected chi connectivity index (χ4v) is 2.19. The molecule has 0 aliphatic rings. The summed E-state index contributed by atoms with van der Waals surface area (Å²) in [5.41, 5.74) is 0.133. The summed E-state index contributed by atoms with van der Waals surface area (Å²) in [6.07, 6.45) is 0. The Morgan fingerprint density at radius 2 is 1.75 bits per heavy atom. The number of nitrogens with zero attached hydrogens (tertiary/aromatic N) is 1. The fraction of sp³-hybridized carbons (Fsp3) is 0.467. The van der Waals surface area contributed by atoms with Crippen LogP contribution in [0.2, 0.25) is 0 Å². The zero-order valence-corrected chi connectivity index (χ0v) is 12.4. The minimum atomic E-state index is -1.09. The van der Waals surface area contributed by atoms with Gasteiger partial charge in [-0.1, -0.05) is 26.0 Å². The molecule has 0 radical (unpaired) electrons. The maximum absolute atomic E-state index is 12.1. The van der Waals surface area contributed by atoms with Gasteiger partial charge in [-0.3, -0.25) is 4.79 Å². The van der Waals surface area contributed by atoms with Gasteiger partial charge in [0.05, 0.1) is 11.1 Å². The lowest BCUT2D eigenvalue weighted by atomic mass is 9.92. The van der Waals surface area contributed by atoms with Crippen molar-refractivity contribution in [2.45, 2.75) is 13.8 Å². The van der Waals surface area contributed by atoms with Crippen LogP contribution in [-0.2, 0) is 0 Å². The topological polar surface area (TPSA) is 69.6 Å². The maximum atomic E-state index is 12.1. The molecule has 0 atom stereocenters. The van der Waals surface area contributed by atoms with Crippen LogP contribution in [0.15, 0.2) is 24.3 Å². The Labute approximate surface area is 119 Å². The van der Waals surface area contributed by atoms with E-state index in [-0.39, 0.29) is 22.4 Å². The quantitative estimate of drug-likeness (QED) is 0.831. The first-order valence-electron chi connectivity index (χ1n) is 6.48. The van der Waals surface area contributed by atoms with Crippen LogP contribution < -0.4 is 5.32 Å². The fourth-order valence-electron chi connectivity index (χ4n) is 2.19. The Bertz CT molecular complexity index is 496. The highest BCUT2D eigenvalue weighted by atomic mass is 16.4. The minimum Gasteiger partial charge on any atom is -0.478 e. The van der Waals surface area contributed by atoms with Gasteiger partial charge < -0.3 is 15.3 Å². The summed E-state index contributed by atoms with van der Waals surface area (Å²) in [4.78, 5) is 25.3. The van der Waals surface area contributed by atoms with Crippen molar-refractivity contribution < 1.29 is 14.7 Å². The molecule has 0 aliphatic heterocycles. The highest BCUT2D eigenvalue weighted by Gasteiger charge is 2.21. The molecule has 5 heteroatoms. The van der Waals surface area contributed by atoms with Crippen molar-refractivity contribution in [1.29, 1.82) is 0 Å². The summed E-state index contributed by atoms with van der Waals surface area (Å²) in [5, 5.41) is 11.9. The summed E-state index contributed by atoms with van der Waals surface area (Å²) < 4.78 is 0. The average Bonchev–Trinajstić information content (AvgIpc) is 2.34. The van der Waals surface area contributed by atoms with Crippen molar-refractivity contribution in [2.75, 3.05) is 27.2 Å². The molecule has 1 aromatic rings. The van der Waals surface area contributed by atoms with Gasteiger partial charge in [-0.15, -0.1) is 0 Å². The van der Waals surface area contributed by atoms with Gasteiger partial charge in [0.25, 0.3) is 5.91 Å². The monoisotopic (exact) mass is 278 g/mol. The largest absolute Gasteiger partial charge is 0.478 e. The van der Waals surface area contributed by atoms with E-state index in [1.807, 2.05) is 14.1 Å². The SMILES string of the molecule is CN(C)CC(C)(C)CNC(=O)c1ccccc1C(=O)O. The van der Waals surface area contributed by atoms with E-state index in [9.17, 15) is 9.59 Å². The standard InChI is InChI=1S/C15H22N2O3/c1-15(2,10-17(3)4)9-16-13(18)11-7-5-6-8-12(11)14(19)20/h5-8H,9-10H2,1-4H3,(H,16,18)(H,19,20). The first-order valence-corrected chi connectivity index (χ1v) is 6.48. The van der Waals surface area contributed by atoms with E-state index in [1.165, 1.54) is 12.1 Å². The van der Waals surface area contributed by atoms with Crippen LogP contribution in [0.4, 0.5) is 0 Å². The van der Waals surface area contributed by atoms with Gasteiger partial charge in [-0.25, -0.2) is 4.79 Å². The zero-order chi connectivity index (χ0) is 15.3. The number of nitrogens with one attached hydrogen (secondary N) is 1. The van der Waals surface area contributed by atoms with Gasteiger partial charge in [-0.05, 0) is 31.6 Å². The Balaban J connectivity index is 2.75. The van der Waals surface area contributed by atoms with Crippen LogP contribution in [0, 0.1) is 5.41 Å². The van der Waals surface area contributed by atoms with Crippen molar-refractivity contribution >= 4 is 11.9 Å². The number of carbonyl (C=O) groups excluding carboxylic acids is 1. The zero-order valence-electron chi connectivity index (χ0n) is 12.4. The molecule has 0 bridgehead atoms. The summed E-state index contributed by atoms with van der Waals surface area (Å²) in [6, 6.07) is 6.22. The predicted octanol–water partition coefficient (Wildman–Crippen LogP) is 1.70. The number of carboxylic acids is 1. The first-order chi connectivity index (χ1) is 9.23. The maximum Gasteiger partial charge on any atom is 0.336 e. The minimum absolute atomic E-state index is 0.0235. The van der Waals surface area contributed by atoms with Gasteiger partial charge in [0.2, 0.25) is 0 Å². The summed E-state index contributed by atoms with van der Waals surface area (Å²) in [7, 11) is 3.95. The average molecular weight is 278 g/mol. The molecule has 0 heterocycles. The van der Waals surface area contributed by atoms with Gasteiger partial charge in [0, 0.05) is 13.1 Å². The lowest BCUT2D eigenvalue weighted by molar-refractivity contribution is 0.0690. The third-order valence-electron chi connectivity index (χ3n) is 2.87. The van der Waals surface area contributed by atoms with Crippen molar-refractivity contribution in [2.24, 2.45) is 5.41 Å². The van der Waals surface area contributed by atoms with E-state index in [2.05, 4.69) is 24.1 Å². The lowest BCUT2D eigenvalue weighted by Crippen LogP contribution is -2.40. The highest BCUT2D eigenvalue weighted by molar-refractivity contribution is 6.04. The Kier molecular flexibility index (Phi) is 5.27. The van der Waals surface area contributed by atoms with Gasteiger partial charge in [-0.2, -0.15) is 0 Å². The normalized spacial score (nSPS) is 11.4. The van der Waals surface area contributed by atoms with E-state index >= 15 is 0 Å². The molecule has 0 saturated carbocycles. The van der Waals surface area contributed by atoms with Crippen LogP contribution in [0.25, 0.3) is 0 Å². The molecule has 0 aromatic heterocycles. The predicted molar refractivity (Wildman–Crippen MR) is 78.1 cm³/mol. The summed E-state index contributed by atoms with van der Waals surface area (Å²) >= 11 is 0. The van der Waals surface area contributed by atoms with E-state index in [4.69, 9.17) is 5.11 Å². The number of rotatable bonds is 6. The Morgan fingerprint density at radius 1 is 1.20 bits per heavy atom. The number of amides is 1. The Morgan fingerprint density at radius 3 is 2.25 bits per heavy atom. The van der Waals surface area contributed by atoms with Crippen LogP contribution in [0.3, 0.4) is 0 Å². The second-order valence-electron chi connectivity index (χ2n) is 5.94. The van der Waals surface area contributed by atoms with Crippen molar-refractivity contribution in [3.63, 3.8) is 0 Å². The molecule has 110 valence electrons. The second kappa shape index (κ2) is 6.52. The second-order valence-corrected chi connectivity index (χ2v) is 5.94. The summed E-state index contributed by atoms with van der Waals surface area (Å²) in [5.74, 6) is -1.45. The van der Waals surface area contributed by atoms with E-state index < -0.39 is 5.97 Å². The van der Waals surface area contributed by atoms with Crippen molar-refractivity contribution in [3.05, 3.63) is 35.4 Å². The Hall–Kier alpha value is -1.88. The molecule has 0 aliphatic carbocycles. The molecule has 2 N–H and O–H groups in total. The molecule has 0 unspecified atom stereocenters. The molecule has 0 fully saturated rings. The number of hydrogen-bond acceptors (Lipinski definition) is 3. The molecule has 1 rings (SSSR count). The summed E-state index contributed by atoms with van der Waals surface area (Å²) in [6.45, 7) is 5.42. The highest BCUT2D eigenvalue weighted by Crippen LogP contribution is 2.15. The van der Waals surface area contributed by atoms with Gasteiger partial charge in [0.15, 0.2) is 0 Å². The molecule has 1 amide bonds. The molecule has 0 spiro atoms. The number of hydrogen-bond donors (Lipinski definition) is 2. The van der Waals surface area contributed by atoms with Crippen molar-refractivity contribution in [3.8, 4) is 0 Å². The first kappa shape index (κ1) is 16.2. The van der Waals surface area contributed by atoms with Gasteiger partial charge >= 0.3 is 5.97 Å². The van der Waals surface area contributed by atoms with Crippen LogP contribution in [0.5, 0.6) is 0 Å². The van der Waals surface area contributed by atoms with Gasteiger partial charge in [0.1, 0.15) is 0 Å². The third kappa shape index (κ3) is 4.66. The molecular formula is C15H22N2O3. The molecule has 20 heavy (non-hydrogen) atoms. The number of aromatic carboxylic acids is 1. The number of benzene rings is 1. The van der Waals surface area contributed by atoms with Crippen LogP contribution in [-0.4, -0.2) is 49.1 Å². The van der Waals surface area contributed by atoms with Crippen molar-refractivity contribution in [1.82, 2.24) is 10.2 Å². The van der Waals surface area contributed by atoms with E-state index in [0.29, 0.717) is 6.54 Å². The molecule has 0 saturated heterocycles. The molecule has 5 nitrogen and oxygen atoms in total. The number of carbonyl (C=O) groups is 2. The number of carboxylic acid groups (broad SMARTS) is 1. The van der Waals surface area contributed by atoms with Crippen LogP contribution >= 0.6 is 0 Å². The molecular weight excluding hydrogens is 256 g/mol. The third-order valence-corrected chi connectivity index (χ3v) is 2.87. The lowest BCUT2D eigenvalue weighted by Gasteiger charge is -2.28. The van der Waals surface area contributed by atoms with Crippen LogP contribution in [0.1, 0.15) is 34.6 Å². The smallest absolute Gasteiger partial charge is 0.336 e. The molecule has 1 aromatic carbocycles.